The summed E-state index contributed by atoms with van der Waals surface area (Å²) in [6.07, 6.45) is -19.0. The van der Waals surface area contributed by atoms with Gasteiger partial charge in [-0.25, -0.2) is 8.32 Å². The molecule has 0 radical (unpaired) electrons. The summed E-state index contributed by atoms with van der Waals surface area (Å²) in [6.45, 7) is 0. The maximum absolute atomic E-state index is 14.5. The Balaban J connectivity index is 2.02. The van der Waals surface area contributed by atoms with E-state index in [-0.39, 0.29) is 27.3 Å². The van der Waals surface area contributed by atoms with Crippen molar-refractivity contribution in [3.63, 3.8) is 0 Å². The second-order valence-corrected chi connectivity index (χ2v) is 9.40. The molecule has 3 aromatic carbocycles. The molecule has 0 unspecified atom stereocenters. The first kappa shape index (κ1) is 33.3. The molecule has 0 aliphatic heterocycles. The van der Waals surface area contributed by atoms with Crippen molar-refractivity contribution in [1.29, 1.82) is 0 Å². The largest absolute Gasteiger partial charge is 0.435 e. The van der Waals surface area contributed by atoms with Gasteiger partial charge in [0.15, 0.2) is 0 Å². The summed E-state index contributed by atoms with van der Waals surface area (Å²) in [4.78, 5) is 37.1. The average Bonchev–Trinajstić information content (AvgIpc) is 2.93. The molecule has 3 rings (SSSR count). The number of hydrogen-bond acceptors (Lipinski definition) is 4. The number of anilines is 2. The summed E-state index contributed by atoms with van der Waals surface area (Å²) in [7, 11) is 1.21. The molecule has 0 heterocycles. The van der Waals surface area contributed by atoms with Crippen molar-refractivity contribution in [1.82, 2.24) is 0 Å². The van der Waals surface area contributed by atoms with Gasteiger partial charge in [0.25, 0.3) is 17.5 Å². The standard InChI is InChI=1S/C25H14BrF10N3O4/c1-37(20(40)13-4-3-7-17(11-13)39(42)43)16-6-2-5-14(10-16)21(41)38(26)19-9-8-15(12-18(19)23(28,29)30)22(27,24(31,32)33)25(34,35)36/h2-12H,1H3. The van der Waals surface area contributed by atoms with Crippen LogP contribution in [0.2, 0.25) is 0 Å². The van der Waals surface area contributed by atoms with E-state index >= 15 is 0 Å². The highest BCUT2D eigenvalue weighted by molar-refractivity contribution is 9.10. The molecule has 0 fully saturated rings. The highest BCUT2D eigenvalue weighted by Gasteiger charge is 2.73. The zero-order valence-corrected chi connectivity index (χ0v) is 22.6. The summed E-state index contributed by atoms with van der Waals surface area (Å²) in [5.74, 6) is -2.11. The molecule has 230 valence electrons. The third kappa shape index (κ3) is 6.42. The Bertz CT molecular complexity index is 1560. The predicted molar refractivity (Wildman–Crippen MR) is 134 cm³/mol. The van der Waals surface area contributed by atoms with Crippen LogP contribution in [0.4, 0.5) is 61.0 Å². The van der Waals surface area contributed by atoms with Crippen LogP contribution in [0.3, 0.4) is 0 Å². The zero-order chi connectivity index (χ0) is 32.7. The lowest BCUT2D eigenvalue weighted by atomic mass is 9.92. The van der Waals surface area contributed by atoms with Gasteiger partial charge in [-0.15, -0.1) is 0 Å². The number of nitro benzene ring substituents is 1. The van der Waals surface area contributed by atoms with Crippen LogP contribution in [0, 0.1) is 10.1 Å². The van der Waals surface area contributed by atoms with Crippen molar-refractivity contribution in [3.8, 4) is 0 Å². The SMILES string of the molecule is CN(C(=O)c1cccc([N+](=O)[O-])c1)c1cccc(C(=O)N(Br)c2ccc(C(F)(C(F)(F)F)C(F)(F)F)cc2C(F)(F)F)c1. The molecule has 0 aliphatic carbocycles. The van der Waals surface area contributed by atoms with Crippen LogP contribution in [-0.2, 0) is 11.8 Å². The van der Waals surface area contributed by atoms with Crippen molar-refractivity contribution in [2.24, 2.45) is 0 Å². The minimum atomic E-state index is -6.69. The van der Waals surface area contributed by atoms with Crippen molar-refractivity contribution in [3.05, 3.63) is 99.1 Å². The monoisotopic (exact) mass is 689 g/mol. The highest BCUT2D eigenvalue weighted by Crippen LogP contribution is 2.54. The van der Waals surface area contributed by atoms with Gasteiger partial charge >= 0.3 is 24.2 Å². The van der Waals surface area contributed by atoms with Gasteiger partial charge in [0.2, 0.25) is 0 Å². The Kier molecular flexibility index (Phi) is 8.87. The fourth-order valence-corrected chi connectivity index (χ4v) is 4.28. The average molecular weight is 690 g/mol. The van der Waals surface area contributed by atoms with Crippen LogP contribution in [0.15, 0.2) is 66.7 Å². The van der Waals surface area contributed by atoms with Crippen LogP contribution >= 0.6 is 16.1 Å². The maximum atomic E-state index is 14.5. The van der Waals surface area contributed by atoms with Gasteiger partial charge in [-0.1, -0.05) is 18.2 Å². The number of carbonyl (C=O) groups excluding carboxylic acids is 2. The molecule has 0 N–H and O–H groups in total. The topological polar surface area (TPSA) is 83.8 Å². The highest BCUT2D eigenvalue weighted by atomic mass is 79.9. The van der Waals surface area contributed by atoms with E-state index in [9.17, 15) is 63.6 Å². The third-order valence-corrected chi connectivity index (χ3v) is 6.66. The summed E-state index contributed by atoms with van der Waals surface area (Å²) in [5.41, 5.74) is -13.1. The molecular weight excluding hydrogens is 676 g/mol. The van der Waals surface area contributed by atoms with E-state index < -0.39 is 75.1 Å². The van der Waals surface area contributed by atoms with E-state index in [1.54, 1.807) is 0 Å². The normalized spacial score (nSPS) is 12.6. The Morgan fingerprint density at radius 2 is 1.30 bits per heavy atom. The summed E-state index contributed by atoms with van der Waals surface area (Å²) in [5, 5.41) is 11.0. The van der Waals surface area contributed by atoms with Gasteiger partial charge < -0.3 is 4.90 Å². The number of alkyl halides is 10. The number of non-ortho nitro benzene ring substituents is 1. The minimum Gasteiger partial charge on any atom is -0.311 e. The molecule has 0 aliphatic rings. The van der Waals surface area contributed by atoms with Crippen LogP contribution < -0.4 is 8.83 Å². The van der Waals surface area contributed by atoms with E-state index in [1.807, 2.05) is 0 Å². The lowest BCUT2D eigenvalue weighted by Crippen LogP contribution is -2.50. The molecule has 0 aromatic heterocycles. The predicted octanol–water partition coefficient (Wildman–Crippen LogP) is 8.14. The molecule has 0 saturated heterocycles. The van der Waals surface area contributed by atoms with E-state index in [1.165, 1.54) is 31.3 Å². The molecule has 18 heteroatoms. The number of halogens is 11. The molecular formula is C25H14BrF10N3O4. The third-order valence-electron chi connectivity index (χ3n) is 5.96. The van der Waals surface area contributed by atoms with Crippen molar-refractivity contribution < 1.29 is 58.4 Å². The van der Waals surface area contributed by atoms with Crippen LogP contribution in [0.25, 0.3) is 0 Å². The summed E-state index contributed by atoms with van der Waals surface area (Å²) < 4.78 is 135. The second kappa shape index (κ2) is 11.5. The fraction of sp³-hybridized carbons (Fsp3) is 0.200. The van der Waals surface area contributed by atoms with Crippen LogP contribution in [-0.4, -0.2) is 36.1 Å². The molecule has 7 nitrogen and oxygen atoms in total. The van der Waals surface area contributed by atoms with Gasteiger partial charge in [-0.05, 0) is 36.4 Å². The van der Waals surface area contributed by atoms with Crippen LogP contribution in [0.1, 0.15) is 31.8 Å². The molecule has 0 bridgehead atoms. The fourth-order valence-electron chi connectivity index (χ4n) is 3.77. The summed E-state index contributed by atoms with van der Waals surface area (Å²) in [6, 6.07) is 8.32. The van der Waals surface area contributed by atoms with Crippen LogP contribution in [0.5, 0.6) is 0 Å². The first-order valence-electron chi connectivity index (χ1n) is 11.3. The smallest absolute Gasteiger partial charge is 0.311 e. The molecule has 2 amide bonds. The number of amides is 2. The molecule has 0 atom stereocenters. The van der Waals surface area contributed by atoms with Gasteiger partial charge in [-0.2, -0.15) is 39.5 Å². The molecule has 0 saturated carbocycles. The van der Waals surface area contributed by atoms with Gasteiger partial charge in [0.1, 0.15) is 0 Å². The van der Waals surface area contributed by atoms with Crippen molar-refractivity contribution in [2.45, 2.75) is 24.2 Å². The van der Waals surface area contributed by atoms with Gasteiger partial charge in [0, 0.05) is 41.6 Å². The summed E-state index contributed by atoms with van der Waals surface area (Å²) >= 11 is 2.54. The van der Waals surface area contributed by atoms with E-state index in [0.717, 1.165) is 29.2 Å². The van der Waals surface area contributed by atoms with Crippen molar-refractivity contribution >= 4 is 45.0 Å². The Hall–Kier alpha value is -4.22. The van der Waals surface area contributed by atoms with Gasteiger partial charge in [-0.3, -0.25) is 19.7 Å². The maximum Gasteiger partial charge on any atom is 0.435 e. The molecule has 43 heavy (non-hydrogen) atoms. The number of nitro groups is 1. The number of rotatable bonds is 6. The number of hydrogen-bond donors (Lipinski definition) is 0. The Labute approximate surface area is 242 Å². The van der Waals surface area contributed by atoms with E-state index in [2.05, 4.69) is 16.1 Å². The minimum absolute atomic E-state index is 0.0350. The molecule has 3 aromatic rings. The quantitative estimate of drug-likeness (QED) is 0.113. The van der Waals surface area contributed by atoms with E-state index in [4.69, 9.17) is 0 Å². The number of benzene rings is 3. The first-order chi connectivity index (χ1) is 19.6. The lowest BCUT2D eigenvalue weighted by molar-refractivity contribution is -0.384. The number of nitrogens with zero attached hydrogens (tertiary/aromatic N) is 3. The Morgan fingerprint density at radius 1 is 0.767 bits per heavy atom. The first-order valence-corrected chi connectivity index (χ1v) is 12.0. The van der Waals surface area contributed by atoms with E-state index in [0.29, 0.717) is 0 Å². The van der Waals surface area contributed by atoms with Crippen molar-refractivity contribution in [2.75, 3.05) is 15.9 Å². The number of carbonyl (C=O) groups is 2. The lowest BCUT2D eigenvalue weighted by Gasteiger charge is -2.31. The second-order valence-electron chi connectivity index (χ2n) is 8.69. The Morgan fingerprint density at radius 3 is 1.81 bits per heavy atom. The van der Waals surface area contributed by atoms with Gasteiger partial charge in [0.05, 0.1) is 32.3 Å². The zero-order valence-electron chi connectivity index (χ0n) is 21.0. The molecule has 0 spiro atoms.